The Kier molecular flexibility index (Phi) is 8.79. The molecular weight excluding hydrogens is 767 g/mol. The van der Waals surface area contributed by atoms with Gasteiger partial charge in [-0.3, -0.25) is 0 Å². The molecule has 4 heteroatoms. The van der Waals surface area contributed by atoms with Crippen LogP contribution in [0.1, 0.15) is 0 Å². The van der Waals surface area contributed by atoms with Gasteiger partial charge in [0.25, 0.3) is 0 Å². The highest BCUT2D eigenvalue weighted by atomic mass is 16.3. The molecule has 0 amide bonds. The van der Waals surface area contributed by atoms with E-state index in [1.165, 1.54) is 21.9 Å². The monoisotopic (exact) mass is 803 g/mol. The topological polar surface area (TPSA) is 51.8 Å². The molecule has 0 atom stereocenters. The van der Waals surface area contributed by atoms with Gasteiger partial charge in [-0.05, 0) is 90.3 Å². The van der Waals surface area contributed by atoms with E-state index in [0.717, 1.165) is 82.8 Å². The van der Waals surface area contributed by atoms with Gasteiger partial charge in [-0.25, -0.2) is 15.0 Å². The normalized spacial score (nSPS) is 11.5. The van der Waals surface area contributed by atoms with Crippen molar-refractivity contribution in [2.45, 2.75) is 0 Å². The summed E-state index contributed by atoms with van der Waals surface area (Å²) in [7, 11) is 0. The first-order valence-electron chi connectivity index (χ1n) is 21.2. The molecule has 0 fully saturated rings. The maximum Gasteiger partial charge on any atom is 0.164 e. The first-order chi connectivity index (χ1) is 31.2. The van der Waals surface area contributed by atoms with Crippen LogP contribution in [0.3, 0.4) is 0 Å². The van der Waals surface area contributed by atoms with Crippen LogP contribution in [-0.4, -0.2) is 15.0 Å². The van der Waals surface area contributed by atoms with Crippen molar-refractivity contribution in [2.24, 2.45) is 0 Å². The minimum atomic E-state index is 0.581. The van der Waals surface area contributed by atoms with Gasteiger partial charge < -0.3 is 4.42 Å². The minimum Gasteiger partial charge on any atom is -0.456 e. The third-order valence-corrected chi connectivity index (χ3v) is 12.2. The molecule has 0 saturated heterocycles. The Morgan fingerprint density at radius 3 is 1.51 bits per heavy atom. The third-order valence-electron chi connectivity index (χ3n) is 12.2. The van der Waals surface area contributed by atoms with Gasteiger partial charge >= 0.3 is 0 Å². The molecule has 0 aliphatic heterocycles. The summed E-state index contributed by atoms with van der Waals surface area (Å²) in [5, 5.41) is 6.75. The lowest BCUT2D eigenvalue weighted by atomic mass is 9.95. The van der Waals surface area contributed by atoms with Crippen molar-refractivity contribution in [1.82, 2.24) is 15.0 Å². The van der Waals surface area contributed by atoms with Crippen molar-refractivity contribution in [1.29, 1.82) is 0 Å². The van der Waals surface area contributed by atoms with Crippen molar-refractivity contribution in [3.8, 4) is 78.7 Å². The van der Waals surface area contributed by atoms with E-state index >= 15 is 0 Å². The highest BCUT2D eigenvalue weighted by Gasteiger charge is 2.20. The average Bonchev–Trinajstić information content (AvgIpc) is 3.75. The number of hydrogen-bond donors (Lipinski definition) is 0. The number of hydrogen-bond acceptors (Lipinski definition) is 4. The molecule has 0 radical (unpaired) electrons. The van der Waals surface area contributed by atoms with E-state index in [1.807, 2.05) is 12.1 Å². The molecule has 0 spiro atoms. The Hall–Kier alpha value is -8.47. The van der Waals surface area contributed by atoms with Crippen LogP contribution in [0.2, 0.25) is 0 Å². The van der Waals surface area contributed by atoms with Gasteiger partial charge in [0.2, 0.25) is 0 Å². The quantitative estimate of drug-likeness (QED) is 0.161. The standard InChI is InChI=1S/C59H37N3O/c1-3-13-38(14-4-1)40-27-31-44(32-28-40)57-60-58(47-20-11-19-45(35-47)39-15-5-2-6-16-39)62-59(61-57)52-37-55-56(51-23-10-9-22-50(51)52)53-36-46(33-34-54(53)63-55)41-25-29-43(30-26-41)49-24-12-18-42-17-7-8-21-48(42)49/h1-37H. The van der Waals surface area contributed by atoms with Crippen molar-refractivity contribution in [3.63, 3.8) is 0 Å². The van der Waals surface area contributed by atoms with E-state index in [9.17, 15) is 0 Å². The van der Waals surface area contributed by atoms with Crippen molar-refractivity contribution >= 4 is 43.5 Å². The van der Waals surface area contributed by atoms with E-state index in [0.29, 0.717) is 17.5 Å². The fourth-order valence-electron chi connectivity index (χ4n) is 8.99. The van der Waals surface area contributed by atoms with Crippen LogP contribution in [0.15, 0.2) is 229 Å². The summed E-state index contributed by atoms with van der Waals surface area (Å²) in [4.78, 5) is 15.6. The smallest absolute Gasteiger partial charge is 0.164 e. The van der Waals surface area contributed by atoms with Gasteiger partial charge in [-0.15, -0.1) is 0 Å². The van der Waals surface area contributed by atoms with Gasteiger partial charge in [-0.1, -0.05) is 200 Å². The number of aromatic nitrogens is 3. The fourth-order valence-corrected chi connectivity index (χ4v) is 8.99. The lowest BCUT2D eigenvalue weighted by Crippen LogP contribution is -2.01. The lowest BCUT2D eigenvalue weighted by molar-refractivity contribution is 0.669. The van der Waals surface area contributed by atoms with Gasteiger partial charge in [0, 0.05) is 27.5 Å². The maximum absolute atomic E-state index is 6.71. The first kappa shape index (κ1) is 36.4. The molecule has 63 heavy (non-hydrogen) atoms. The zero-order valence-corrected chi connectivity index (χ0v) is 34.1. The largest absolute Gasteiger partial charge is 0.456 e. The van der Waals surface area contributed by atoms with Crippen molar-refractivity contribution in [3.05, 3.63) is 224 Å². The highest BCUT2D eigenvalue weighted by Crippen LogP contribution is 2.42. The molecule has 0 aliphatic carbocycles. The van der Waals surface area contributed by atoms with Gasteiger partial charge in [0.05, 0.1) is 0 Å². The summed E-state index contributed by atoms with van der Waals surface area (Å²) >= 11 is 0. The van der Waals surface area contributed by atoms with Gasteiger partial charge in [0.15, 0.2) is 17.5 Å². The van der Waals surface area contributed by atoms with Crippen LogP contribution in [-0.2, 0) is 0 Å². The molecule has 2 aromatic heterocycles. The molecule has 0 aliphatic rings. The van der Waals surface area contributed by atoms with Crippen LogP contribution in [0, 0.1) is 0 Å². The molecular formula is C59H37N3O. The van der Waals surface area contributed by atoms with Crippen LogP contribution >= 0.6 is 0 Å². The summed E-state index contributed by atoms with van der Waals surface area (Å²) in [5.41, 5.74) is 13.5. The Bertz CT molecular complexity index is 3650. The second-order valence-electron chi connectivity index (χ2n) is 16.0. The molecule has 12 aromatic rings. The first-order valence-corrected chi connectivity index (χ1v) is 21.2. The number of fused-ring (bicyclic) bond motifs is 6. The SMILES string of the molecule is c1ccc(-c2ccc(-c3nc(-c4cccc(-c5ccccc5)c4)nc(-c4cc5oc6ccc(-c7ccc(-c8cccc9ccccc89)cc7)cc6c5c5ccccc45)n3)cc2)cc1. The van der Waals surface area contributed by atoms with E-state index in [1.54, 1.807) is 0 Å². The molecule has 4 nitrogen and oxygen atoms in total. The van der Waals surface area contributed by atoms with Gasteiger partial charge in [-0.2, -0.15) is 0 Å². The number of benzene rings is 10. The number of furan rings is 1. The second-order valence-corrected chi connectivity index (χ2v) is 16.0. The van der Waals surface area contributed by atoms with E-state index in [-0.39, 0.29) is 0 Å². The molecule has 12 rings (SSSR count). The Morgan fingerprint density at radius 1 is 0.254 bits per heavy atom. The summed E-state index contributed by atoms with van der Waals surface area (Å²) in [6, 6.07) is 78.8. The summed E-state index contributed by atoms with van der Waals surface area (Å²) < 4.78 is 6.71. The number of nitrogens with zero attached hydrogens (tertiary/aromatic N) is 3. The zero-order chi connectivity index (χ0) is 41.7. The van der Waals surface area contributed by atoms with E-state index in [2.05, 4.69) is 212 Å². The summed E-state index contributed by atoms with van der Waals surface area (Å²) in [6.45, 7) is 0. The van der Waals surface area contributed by atoms with E-state index in [4.69, 9.17) is 19.4 Å². The molecule has 0 saturated carbocycles. The van der Waals surface area contributed by atoms with Crippen LogP contribution in [0.25, 0.3) is 122 Å². The van der Waals surface area contributed by atoms with Crippen LogP contribution < -0.4 is 0 Å². The molecule has 2 heterocycles. The molecule has 0 bridgehead atoms. The third kappa shape index (κ3) is 6.62. The van der Waals surface area contributed by atoms with Gasteiger partial charge in [0.1, 0.15) is 11.2 Å². The molecule has 0 unspecified atom stereocenters. The Balaban J connectivity index is 0.988. The van der Waals surface area contributed by atoms with Crippen molar-refractivity contribution in [2.75, 3.05) is 0 Å². The predicted octanol–water partition coefficient (Wildman–Crippen LogP) is 15.7. The number of rotatable bonds is 7. The maximum atomic E-state index is 6.71. The lowest BCUT2D eigenvalue weighted by Gasteiger charge is -2.12. The fraction of sp³-hybridized carbons (Fsp3) is 0. The second kappa shape index (κ2) is 15.2. The average molecular weight is 804 g/mol. The van der Waals surface area contributed by atoms with E-state index < -0.39 is 0 Å². The van der Waals surface area contributed by atoms with Crippen molar-refractivity contribution < 1.29 is 4.42 Å². The van der Waals surface area contributed by atoms with Crippen LogP contribution in [0.5, 0.6) is 0 Å². The Morgan fingerprint density at radius 2 is 0.746 bits per heavy atom. The molecule has 294 valence electrons. The minimum absolute atomic E-state index is 0.581. The summed E-state index contributed by atoms with van der Waals surface area (Å²) in [6.07, 6.45) is 0. The zero-order valence-electron chi connectivity index (χ0n) is 34.1. The molecule has 0 N–H and O–H groups in total. The molecule has 10 aromatic carbocycles. The summed E-state index contributed by atoms with van der Waals surface area (Å²) in [5.74, 6) is 1.78. The highest BCUT2D eigenvalue weighted by molar-refractivity contribution is 6.22. The Labute approximate surface area is 364 Å². The predicted molar refractivity (Wildman–Crippen MR) is 260 cm³/mol. The van der Waals surface area contributed by atoms with Crippen LogP contribution in [0.4, 0.5) is 0 Å².